The average molecular weight is 194 g/mol. The highest BCUT2D eigenvalue weighted by Gasteiger charge is 2.46. The molecule has 1 aromatic rings. The van der Waals surface area contributed by atoms with Crippen LogP contribution in [-0.4, -0.2) is 11.7 Å². The maximum Gasteiger partial charge on any atom is 0.129 e. The van der Waals surface area contributed by atoms with E-state index in [0.29, 0.717) is 31.4 Å². The minimum absolute atomic E-state index is 0.297. The zero-order chi connectivity index (χ0) is 9.76. The van der Waals surface area contributed by atoms with E-state index in [0.717, 1.165) is 11.3 Å². The molecule has 1 aliphatic carbocycles. The lowest BCUT2D eigenvalue weighted by Gasteiger charge is -2.13. The Morgan fingerprint density at radius 3 is 2.86 bits per heavy atom. The predicted molar refractivity (Wildman–Crippen MR) is 48.7 cm³/mol. The minimum atomic E-state index is -0.900. The van der Waals surface area contributed by atoms with Gasteiger partial charge in [0.05, 0.1) is 12.2 Å². The molecule has 0 bridgehead atoms. The molecule has 0 amide bonds. The topological polar surface area (TPSA) is 29.5 Å². The van der Waals surface area contributed by atoms with Gasteiger partial charge < -0.3 is 9.84 Å². The predicted octanol–water partition coefficient (Wildman–Crippen LogP) is 1.74. The van der Waals surface area contributed by atoms with Gasteiger partial charge >= 0.3 is 0 Å². The zero-order valence-electron chi connectivity index (χ0n) is 7.72. The molecule has 1 saturated carbocycles. The Hall–Kier alpha value is -1.09. The first kappa shape index (κ1) is 8.24. The molecule has 2 aliphatic rings. The molecular formula is C11H11FO2. The van der Waals surface area contributed by atoms with Crippen molar-refractivity contribution in [2.45, 2.75) is 24.9 Å². The number of hydrogen-bond donors (Lipinski definition) is 1. The largest absolute Gasteiger partial charge is 0.493 e. The SMILES string of the molecule is OC1(c2c(F)ccc3c2CCO3)CC1. The molecule has 1 heterocycles. The van der Waals surface area contributed by atoms with E-state index in [4.69, 9.17) is 4.74 Å². The van der Waals surface area contributed by atoms with Crippen molar-refractivity contribution in [2.24, 2.45) is 0 Å². The van der Waals surface area contributed by atoms with E-state index < -0.39 is 5.60 Å². The monoisotopic (exact) mass is 194 g/mol. The third-order valence-electron chi connectivity index (χ3n) is 3.02. The number of ether oxygens (including phenoxy) is 1. The van der Waals surface area contributed by atoms with Crippen molar-refractivity contribution in [3.8, 4) is 5.75 Å². The Kier molecular flexibility index (Phi) is 1.46. The summed E-state index contributed by atoms with van der Waals surface area (Å²) in [5, 5.41) is 9.95. The van der Waals surface area contributed by atoms with E-state index >= 15 is 0 Å². The van der Waals surface area contributed by atoms with E-state index in [1.54, 1.807) is 6.07 Å². The first-order valence-electron chi connectivity index (χ1n) is 4.88. The standard InChI is InChI=1S/C11H11FO2/c12-8-1-2-9-7(3-6-14-9)10(8)11(13)4-5-11/h1-2,13H,3-6H2. The van der Waals surface area contributed by atoms with Gasteiger partial charge in [-0.1, -0.05) is 0 Å². The first-order valence-corrected chi connectivity index (χ1v) is 4.88. The highest BCUT2D eigenvalue weighted by molar-refractivity contribution is 5.48. The second-order valence-corrected chi connectivity index (χ2v) is 4.03. The van der Waals surface area contributed by atoms with Crippen molar-refractivity contribution < 1.29 is 14.2 Å². The number of hydrogen-bond acceptors (Lipinski definition) is 2. The van der Waals surface area contributed by atoms with E-state index in [9.17, 15) is 9.50 Å². The lowest BCUT2D eigenvalue weighted by molar-refractivity contribution is 0.145. The molecule has 0 spiro atoms. The second-order valence-electron chi connectivity index (χ2n) is 4.03. The van der Waals surface area contributed by atoms with Gasteiger partial charge in [-0.15, -0.1) is 0 Å². The maximum absolute atomic E-state index is 13.6. The normalized spacial score (nSPS) is 21.6. The number of fused-ring (bicyclic) bond motifs is 1. The molecule has 74 valence electrons. The summed E-state index contributed by atoms with van der Waals surface area (Å²) < 4.78 is 18.9. The summed E-state index contributed by atoms with van der Waals surface area (Å²) in [5.74, 6) is 0.441. The van der Waals surface area contributed by atoms with Crippen LogP contribution in [0, 0.1) is 5.82 Å². The molecule has 0 saturated heterocycles. The molecule has 1 N–H and O–H groups in total. The van der Waals surface area contributed by atoms with Gasteiger partial charge in [0, 0.05) is 17.5 Å². The van der Waals surface area contributed by atoms with Crippen LogP contribution in [0.1, 0.15) is 24.0 Å². The molecule has 1 aliphatic heterocycles. The Labute approximate surface area is 81.3 Å². The summed E-state index contributed by atoms with van der Waals surface area (Å²) in [6.45, 7) is 0.599. The van der Waals surface area contributed by atoms with Gasteiger partial charge in [0.15, 0.2) is 0 Å². The van der Waals surface area contributed by atoms with Crippen LogP contribution in [0.3, 0.4) is 0 Å². The molecule has 0 aromatic heterocycles. The van der Waals surface area contributed by atoms with Crippen molar-refractivity contribution in [1.29, 1.82) is 0 Å². The molecule has 3 heteroatoms. The molecule has 0 radical (unpaired) electrons. The van der Waals surface area contributed by atoms with Crippen LogP contribution in [0.5, 0.6) is 5.75 Å². The van der Waals surface area contributed by atoms with Crippen LogP contribution in [0.25, 0.3) is 0 Å². The summed E-state index contributed by atoms with van der Waals surface area (Å²) in [6, 6.07) is 3.03. The van der Waals surface area contributed by atoms with Gasteiger partial charge in [-0.2, -0.15) is 0 Å². The molecule has 0 atom stereocenters. The summed E-state index contributed by atoms with van der Waals surface area (Å²) in [6.07, 6.45) is 2.05. The highest BCUT2D eigenvalue weighted by Crippen LogP contribution is 2.50. The van der Waals surface area contributed by atoms with Gasteiger partial charge in [0.25, 0.3) is 0 Å². The molecule has 2 nitrogen and oxygen atoms in total. The van der Waals surface area contributed by atoms with Gasteiger partial charge in [-0.05, 0) is 25.0 Å². The summed E-state index contributed by atoms with van der Waals surface area (Å²) in [4.78, 5) is 0. The van der Waals surface area contributed by atoms with Gasteiger partial charge in [-0.3, -0.25) is 0 Å². The van der Waals surface area contributed by atoms with Crippen molar-refractivity contribution in [3.63, 3.8) is 0 Å². The van der Waals surface area contributed by atoms with Crippen LogP contribution in [0.2, 0.25) is 0 Å². The van der Waals surface area contributed by atoms with Crippen LogP contribution in [0.15, 0.2) is 12.1 Å². The average Bonchev–Trinajstić information content (AvgIpc) is 2.74. The van der Waals surface area contributed by atoms with Crippen LogP contribution < -0.4 is 4.74 Å². The molecular weight excluding hydrogens is 183 g/mol. The van der Waals surface area contributed by atoms with Gasteiger partial charge in [-0.25, -0.2) is 4.39 Å². The van der Waals surface area contributed by atoms with Crippen molar-refractivity contribution in [2.75, 3.05) is 6.61 Å². The molecule has 1 fully saturated rings. The Bertz CT molecular complexity index is 397. The fourth-order valence-corrected chi connectivity index (χ4v) is 2.12. The lowest BCUT2D eigenvalue weighted by atomic mass is 9.98. The van der Waals surface area contributed by atoms with E-state index in [1.165, 1.54) is 6.07 Å². The van der Waals surface area contributed by atoms with Gasteiger partial charge in [0.2, 0.25) is 0 Å². The maximum atomic E-state index is 13.6. The first-order chi connectivity index (χ1) is 6.71. The van der Waals surface area contributed by atoms with Crippen molar-refractivity contribution in [3.05, 3.63) is 29.1 Å². The zero-order valence-corrected chi connectivity index (χ0v) is 7.72. The number of halogens is 1. The smallest absolute Gasteiger partial charge is 0.129 e. The molecule has 0 unspecified atom stereocenters. The van der Waals surface area contributed by atoms with Gasteiger partial charge in [0.1, 0.15) is 11.6 Å². The highest BCUT2D eigenvalue weighted by atomic mass is 19.1. The third kappa shape index (κ3) is 0.989. The third-order valence-corrected chi connectivity index (χ3v) is 3.02. The number of rotatable bonds is 1. The number of benzene rings is 1. The Morgan fingerprint density at radius 1 is 1.36 bits per heavy atom. The van der Waals surface area contributed by atoms with Crippen molar-refractivity contribution >= 4 is 0 Å². The Morgan fingerprint density at radius 2 is 2.14 bits per heavy atom. The molecule has 14 heavy (non-hydrogen) atoms. The van der Waals surface area contributed by atoms with E-state index in [1.807, 2.05) is 0 Å². The lowest BCUT2D eigenvalue weighted by Crippen LogP contribution is -2.10. The van der Waals surface area contributed by atoms with Crippen molar-refractivity contribution in [1.82, 2.24) is 0 Å². The molecule has 3 rings (SSSR count). The second kappa shape index (κ2) is 2.48. The quantitative estimate of drug-likeness (QED) is 0.737. The fourth-order valence-electron chi connectivity index (χ4n) is 2.12. The summed E-state index contributed by atoms with van der Waals surface area (Å²) in [7, 11) is 0. The van der Waals surface area contributed by atoms with Crippen LogP contribution >= 0.6 is 0 Å². The molecule has 1 aromatic carbocycles. The minimum Gasteiger partial charge on any atom is -0.493 e. The number of aliphatic hydroxyl groups is 1. The Balaban J connectivity index is 2.21. The van der Waals surface area contributed by atoms with E-state index in [-0.39, 0.29) is 5.82 Å². The fraction of sp³-hybridized carbons (Fsp3) is 0.455. The summed E-state index contributed by atoms with van der Waals surface area (Å²) >= 11 is 0. The van der Waals surface area contributed by atoms with E-state index in [2.05, 4.69) is 0 Å². The van der Waals surface area contributed by atoms with Crippen LogP contribution in [-0.2, 0) is 12.0 Å². The van der Waals surface area contributed by atoms with Crippen LogP contribution in [0.4, 0.5) is 4.39 Å². The summed E-state index contributed by atoms with van der Waals surface area (Å²) in [5.41, 5.74) is 0.445.